The summed E-state index contributed by atoms with van der Waals surface area (Å²) in [7, 11) is 0. The van der Waals surface area contributed by atoms with E-state index in [9.17, 15) is 0 Å². The van der Waals surface area contributed by atoms with Crippen molar-refractivity contribution in [1.82, 2.24) is 0 Å². The fraction of sp³-hybridized carbons (Fsp3) is 0.500. The van der Waals surface area contributed by atoms with Crippen molar-refractivity contribution in [3.63, 3.8) is 0 Å². The van der Waals surface area contributed by atoms with Gasteiger partial charge in [0.1, 0.15) is 0 Å². The Morgan fingerprint density at radius 3 is 2.09 bits per heavy atom. The van der Waals surface area contributed by atoms with Gasteiger partial charge in [0.2, 0.25) is 0 Å². The van der Waals surface area contributed by atoms with Crippen LogP contribution in [-0.4, -0.2) is 6.72 Å². The number of allylic oxidation sites excluding steroid dienone is 3. The van der Waals surface area contributed by atoms with E-state index in [1.807, 2.05) is 13.0 Å². The average Bonchev–Trinajstić information content (AvgIpc) is 1.85. The maximum atomic E-state index is 3.95. The van der Waals surface area contributed by atoms with Gasteiger partial charge in [-0.15, -0.1) is 0 Å². The lowest BCUT2D eigenvalue weighted by molar-refractivity contribution is 0.518. The van der Waals surface area contributed by atoms with Crippen LogP contribution in [-0.2, 0) is 0 Å². The van der Waals surface area contributed by atoms with Crippen LogP contribution in [0.25, 0.3) is 0 Å². The first-order chi connectivity index (χ1) is 4.88. The largest absolute Gasteiger partial charge is 0.269 e. The maximum Gasteiger partial charge on any atom is 0.0368 e. The molecule has 1 nitrogen and oxygen atoms in total. The SMILES string of the molecule is C=N/C(C)=C\C(=C)C(C)(C)C. The van der Waals surface area contributed by atoms with Crippen LogP contribution in [0.5, 0.6) is 0 Å². The fourth-order valence-corrected chi connectivity index (χ4v) is 0.514. The van der Waals surface area contributed by atoms with E-state index < -0.39 is 0 Å². The number of rotatable bonds is 2. The second-order valence-corrected chi connectivity index (χ2v) is 3.72. The average molecular weight is 151 g/mol. The van der Waals surface area contributed by atoms with Crippen molar-refractivity contribution in [3.8, 4) is 0 Å². The molecule has 0 unspecified atom stereocenters. The van der Waals surface area contributed by atoms with Crippen LogP contribution in [0.1, 0.15) is 27.7 Å². The highest BCUT2D eigenvalue weighted by Crippen LogP contribution is 2.25. The molecule has 0 aromatic carbocycles. The van der Waals surface area contributed by atoms with Gasteiger partial charge >= 0.3 is 0 Å². The molecule has 0 bridgehead atoms. The Bertz CT molecular complexity index is 191. The minimum atomic E-state index is 0.131. The van der Waals surface area contributed by atoms with Gasteiger partial charge in [0, 0.05) is 5.70 Å². The monoisotopic (exact) mass is 151 g/mol. The Morgan fingerprint density at radius 1 is 1.36 bits per heavy atom. The van der Waals surface area contributed by atoms with Gasteiger partial charge < -0.3 is 0 Å². The third-order valence-electron chi connectivity index (χ3n) is 1.60. The Morgan fingerprint density at radius 2 is 1.82 bits per heavy atom. The first-order valence-corrected chi connectivity index (χ1v) is 3.72. The molecule has 0 aromatic heterocycles. The van der Waals surface area contributed by atoms with Gasteiger partial charge in [-0.1, -0.05) is 27.4 Å². The van der Waals surface area contributed by atoms with E-state index in [1.54, 1.807) is 0 Å². The second kappa shape index (κ2) is 3.51. The van der Waals surface area contributed by atoms with Gasteiger partial charge in [0.25, 0.3) is 0 Å². The summed E-state index contributed by atoms with van der Waals surface area (Å²) < 4.78 is 0. The van der Waals surface area contributed by atoms with E-state index in [2.05, 4.69) is 39.1 Å². The third-order valence-corrected chi connectivity index (χ3v) is 1.60. The number of hydrogen-bond acceptors (Lipinski definition) is 1. The number of aliphatic imine (C=N–C) groups is 1. The molecular weight excluding hydrogens is 134 g/mol. The van der Waals surface area contributed by atoms with E-state index in [4.69, 9.17) is 0 Å². The highest BCUT2D eigenvalue weighted by atomic mass is 14.7. The highest BCUT2D eigenvalue weighted by Gasteiger charge is 2.12. The Labute approximate surface area is 69.5 Å². The summed E-state index contributed by atoms with van der Waals surface area (Å²) in [5.74, 6) is 0. The quantitative estimate of drug-likeness (QED) is 0.424. The molecule has 0 aromatic rings. The van der Waals surface area contributed by atoms with Crippen LogP contribution in [0.4, 0.5) is 0 Å². The van der Waals surface area contributed by atoms with Gasteiger partial charge in [-0.3, -0.25) is 4.99 Å². The molecule has 0 aliphatic rings. The van der Waals surface area contributed by atoms with Gasteiger partial charge in [-0.05, 0) is 30.7 Å². The molecule has 0 amide bonds. The molecule has 0 radical (unpaired) electrons. The first kappa shape index (κ1) is 10.2. The molecule has 0 aliphatic heterocycles. The minimum Gasteiger partial charge on any atom is -0.269 e. The Kier molecular flexibility index (Phi) is 3.24. The maximum absolute atomic E-state index is 3.95. The number of hydrogen-bond donors (Lipinski definition) is 0. The van der Waals surface area contributed by atoms with Crippen molar-refractivity contribution in [3.05, 3.63) is 23.9 Å². The highest BCUT2D eigenvalue weighted by molar-refractivity contribution is 5.32. The number of nitrogens with zero attached hydrogens (tertiary/aromatic N) is 1. The smallest absolute Gasteiger partial charge is 0.0368 e. The zero-order chi connectivity index (χ0) is 9.07. The van der Waals surface area contributed by atoms with Crippen molar-refractivity contribution >= 4 is 6.72 Å². The molecule has 0 saturated carbocycles. The molecule has 0 saturated heterocycles. The van der Waals surface area contributed by atoms with E-state index in [0.717, 1.165) is 11.3 Å². The van der Waals surface area contributed by atoms with Gasteiger partial charge in [0.05, 0.1) is 0 Å². The zero-order valence-corrected chi connectivity index (χ0v) is 7.94. The lowest BCUT2D eigenvalue weighted by Crippen LogP contribution is -2.06. The molecule has 11 heavy (non-hydrogen) atoms. The van der Waals surface area contributed by atoms with Crippen molar-refractivity contribution in [2.24, 2.45) is 10.4 Å². The predicted molar refractivity (Wildman–Crippen MR) is 51.9 cm³/mol. The van der Waals surface area contributed by atoms with Crippen molar-refractivity contribution in [2.75, 3.05) is 0 Å². The van der Waals surface area contributed by atoms with Crippen LogP contribution in [0.3, 0.4) is 0 Å². The summed E-state index contributed by atoms with van der Waals surface area (Å²) in [4.78, 5) is 3.79. The molecule has 0 spiro atoms. The molecule has 0 aliphatic carbocycles. The molecule has 62 valence electrons. The molecular formula is C10H17N. The lowest BCUT2D eigenvalue weighted by atomic mass is 9.87. The standard InChI is InChI=1S/C10H17N/c1-8(10(3,4)5)7-9(2)11-6/h7H,1,6H2,2-5H3/b9-7-. The van der Waals surface area contributed by atoms with Crippen molar-refractivity contribution < 1.29 is 0 Å². The molecule has 0 rings (SSSR count). The van der Waals surface area contributed by atoms with Crippen LogP contribution < -0.4 is 0 Å². The summed E-state index contributed by atoms with van der Waals surface area (Å²) in [6.07, 6.45) is 1.97. The molecule has 0 fully saturated rings. The Hall–Kier alpha value is -0.850. The molecule has 0 atom stereocenters. The van der Waals surface area contributed by atoms with Gasteiger partial charge in [-0.2, -0.15) is 0 Å². The van der Waals surface area contributed by atoms with Crippen LogP contribution in [0, 0.1) is 5.41 Å². The van der Waals surface area contributed by atoms with Crippen molar-refractivity contribution in [1.29, 1.82) is 0 Å². The minimum absolute atomic E-state index is 0.131. The van der Waals surface area contributed by atoms with Gasteiger partial charge in [-0.25, -0.2) is 0 Å². The molecule has 1 heteroatoms. The molecule has 0 heterocycles. The summed E-state index contributed by atoms with van der Waals surface area (Å²) in [6.45, 7) is 15.7. The third kappa shape index (κ3) is 3.76. The van der Waals surface area contributed by atoms with Crippen LogP contribution in [0.15, 0.2) is 28.9 Å². The summed E-state index contributed by atoms with van der Waals surface area (Å²) in [5.41, 5.74) is 2.14. The van der Waals surface area contributed by atoms with E-state index in [0.29, 0.717) is 0 Å². The van der Waals surface area contributed by atoms with E-state index in [-0.39, 0.29) is 5.41 Å². The second-order valence-electron chi connectivity index (χ2n) is 3.72. The summed E-state index contributed by atoms with van der Waals surface area (Å²) in [6, 6.07) is 0. The van der Waals surface area contributed by atoms with E-state index >= 15 is 0 Å². The van der Waals surface area contributed by atoms with Gasteiger partial charge in [0.15, 0.2) is 0 Å². The summed E-state index contributed by atoms with van der Waals surface area (Å²) in [5, 5.41) is 0. The topological polar surface area (TPSA) is 12.4 Å². The Balaban J connectivity index is 4.42. The predicted octanol–water partition coefficient (Wildman–Crippen LogP) is 3.19. The lowest BCUT2D eigenvalue weighted by Gasteiger charge is -2.18. The fourth-order valence-electron chi connectivity index (χ4n) is 0.514. The first-order valence-electron chi connectivity index (χ1n) is 3.72. The normalized spacial score (nSPS) is 12.9. The van der Waals surface area contributed by atoms with Crippen LogP contribution in [0.2, 0.25) is 0 Å². The summed E-state index contributed by atoms with van der Waals surface area (Å²) >= 11 is 0. The van der Waals surface area contributed by atoms with E-state index in [1.165, 1.54) is 0 Å². The van der Waals surface area contributed by atoms with Crippen molar-refractivity contribution in [2.45, 2.75) is 27.7 Å². The van der Waals surface area contributed by atoms with Crippen LogP contribution >= 0.6 is 0 Å². The zero-order valence-electron chi connectivity index (χ0n) is 7.94. The molecule has 0 N–H and O–H groups in total.